The highest BCUT2D eigenvalue weighted by Gasteiger charge is 2.07. The van der Waals surface area contributed by atoms with Crippen LogP contribution in [0, 0.1) is 6.92 Å². The molecule has 1 nitrogen and oxygen atoms in total. The maximum atomic E-state index is 5.72. The lowest BCUT2D eigenvalue weighted by molar-refractivity contribution is 0.785. The topological polar surface area (TPSA) is 26.0 Å². The maximum absolute atomic E-state index is 5.72. The highest BCUT2D eigenvalue weighted by Crippen LogP contribution is 2.18. The van der Waals surface area contributed by atoms with Crippen LogP contribution in [0.25, 0.3) is 0 Å². The van der Waals surface area contributed by atoms with Crippen molar-refractivity contribution in [2.24, 2.45) is 5.73 Å². The molecular weight excluding hydrogens is 178 g/mol. The minimum atomic E-state index is 0.510. The van der Waals surface area contributed by atoms with Gasteiger partial charge in [0.1, 0.15) is 0 Å². The van der Waals surface area contributed by atoms with Crippen LogP contribution in [0.2, 0.25) is 0 Å². The van der Waals surface area contributed by atoms with Crippen LogP contribution in [-0.4, -0.2) is 18.6 Å². The number of aryl methyl sites for hydroxylation is 1. The first-order valence-electron chi connectivity index (χ1n) is 4.53. The van der Waals surface area contributed by atoms with Crippen LogP contribution >= 0.6 is 11.8 Å². The number of hydrogen-bond donors (Lipinski definition) is 1. The lowest BCUT2D eigenvalue weighted by Crippen LogP contribution is -2.14. The molecular formula is C11H17NS. The maximum Gasteiger partial charge on any atom is 0.00518 e. The minimum Gasteiger partial charge on any atom is -0.330 e. The first-order valence-corrected chi connectivity index (χ1v) is 5.93. The van der Waals surface area contributed by atoms with Crippen molar-refractivity contribution in [3.05, 3.63) is 35.4 Å². The van der Waals surface area contributed by atoms with E-state index < -0.39 is 0 Å². The molecule has 1 aromatic rings. The number of hydrogen-bond acceptors (Lipinski definition) is 2. The summed E-state index contributed by atoms with van der Waals surface area (Å²) in [5, 5.41) is 0. The largest absolute Gasteiger partial charge is 0.330 e. The third-order valence-electron chi connectivity index (χ3n) is 2.20. The molecule has 2 heteroatoms. The molecule has 0 bridgehead atoms. The standard InChI is InChI=1S/C11H17NS/c1-9-3-5-10(6-4-9)11(7-12)8-13-2/h3-6,11H,7-8,12H2,1-2H3. The first kappa shape index (κ1) is 10.6. The van der Waals surface area contributed by atoms with Crippen molar-refractivity contribution in [3.63, 3.8) is 0 Å². The zero-order chi connectivity index (χ0) is 9.68. The molecule has 0 spiro atoms. The average Bonchev–Trinajstić information content (AvgIpc) is 2.16. The lowest BCUT2D eigenvalue weighted by atomic mass is 10.0. The summed E-state index contributed by atoms with van der Waals surface area (Å²) in [6, 6.07) is 8.67. The Kier molecular flexibility index (Phi) is 4.33. The molecule has 0 saturated heterocycles. The number of nitrogens with two attached hydrogens (primary N) is 1. The van der Waals surface area contributed by atoms with Gasteiger partial charge in [-0.15, -0.1) is 0 Å². The quantitative estimate of drug-likeness (QED) is 0.798. The van der Waals surface area contributed by atoms with E-state index in [4.69, 9.17) is 5.73 Å². The Morgan fingerprint density at radius 2 is 1.92 bits per heavy atom. The fourth-order valence-electron chi connectivity index (χ4n) is 1.34. The molecule has 13 heavy (non-hydrogen) atoms. The van der Waals surface area contributed by atoms with Crippen LogP contribution in [0.5, 0.6) is 0 Å². The third-order valence-corrected chi connectivity index (χ3v) is 2.94. The van der Waals surface area contributed by atoms with Gasteiger partial charge < -0.3 is 5.73 Å². The molecule has 0 aliphatic rings. The second kappa shape index (κ2) is 5.30. The summed E-state index contributed by atoms with van der Waals surface area (Å²) in [5.41, 5.74) is 8.39. The van der Waals surface area contributed by atoms with Gasteiger partial charge in [0.05, 0.1) is 0 Å². The molecule has 1 rings (SSSR count). The van der Waals surface area contributed by atoms with Gasteiger partial charge in [-0.1, -0.05) is 29.8 Å². The average molecular weight is 195 g/mol. The van der Waals surface area contributed by atoms with Crippen LogP contribution in [0.1, 0.15) is 17.0 Å². The summed E-state index contributed by atoms with van der Waals surface area (Å²) in [6.45, 7) is 2.85. The van der Waals surface area contributed by atoms with Crippen LogP contribution in [-0.2, 0) is 0 Å². The highest BCUT2D eigenvalue weighted by molar-refractivity contribution is 7.98. The summed E-state index contributed by atoms with van der Waals surface area (Å²) < 4.78 is 0. The van der Waals surface area contributed by atoms with E-state index in [0.717, 1.165) is 12.3 Å². The van der Waals surface area contributed by atoms with E-state index in [2.05, 4.69) is 37.4 Å². The Balaban J connectivity index is 2.73. The molecule has 0 aliphatic carbocycles. The van der Waals surface area contributed by atoms with Crippen molar-refractivity contribution in [1.82, 2.24) is 0 Å². The van der Waals surface area contributed by atoms with Gasteiger partial charge in [-0.05, 0) is 25.3 Å². The van der Waals surface area contributed by atoms with Crippen molar-refractivity contribution in [3.8, 4) is 0 Å². The van der Waals surface area contributed by atoms with Gasteiger partial charge in [-0.25, -0.2) is 0 Å². The van der Waals surface area contributed by atoms with Crippen molar-refractivity contribution in [1.29, 1.82) is 0 Å². The Morgan fingerprint density at radius 1 is 1.31 bits per heavy atom. The summed E-state index contributed by atoms with van der Waals surface area (Å²) in [5.74, 6) is 1.62. The summed E-state index contributed by atoms with van der Waals surface area (Å²) in [6.07, 6.45) is 2.12. The third kappa shape index (κ3) is 3.05. The molecule has 0 radical (unpaired) electrons. The predicted molar refractivity (Wildman–Crippen MR) is 61.4 cm³/mol. The van der Waals surface area contributed by atoms with E-state index in [1.54, 1.807) is 0 Å². The second-order valence-corrected chi connectivity index (χ2v) is 4.21. The Morgan fingerprint density at radius 3 is 2.38 bits per heavy atom. The first-order chi connectivity index (χ1) is 6.27. The molecule has 0 saturated carbocycles. The van der Waals surface area contributed by atoms with Crippen molar-refractivity contribution >= 4 is 11.8 Å². The fraction of sp³-hybridized carbons (Fsp3) is 0.455. The normalized spacial score (nSPS) is 12.8. The lowest BCUT2D eigenvalue weighted by Gasteiger charge is -2.13. The van der Waals surface area contributed by atoms with E-state index in [0.29, 0.717) is 5.92 Å². The minimum absolute atomic E-state index is 0.510. The van der Waals surface area contributed by atoms with Crippen molar-refractivity contribution in [2.75, 3.05) is 18.6 Å². The van der Waals surface area contributed by atoms with Crippen molar-refractivity contribution in [2.45, 2.75) is 12.8 Å². The summed E-state index contributed by atoms with van der Waals surface area (Å²) in [4.78, 5) is 0. The Labute approximate surface area is 84.7 Å². The SMILES string of the molecule is CSCC(CN)c1ccc(C)cc1. The van der Waals surface area contributed by atoms with E-state index in [9.17, 15) is 0 Å². The molecule has 1 unspecified atom stereocenters. The van der Waals surface area contributed by atoms with E-state index in [1.165, 1.54) is 11.1 Å². The van der Waals surface area contributed by atoms with Crippen LogP contribution in [0.3, 0.4) is 0 Å². The van der Waals surface area contributed by atoms with Crippen LogP contribution in [0.15, 0.2) is 24.3 Å². The summed E-state index contributed by atoms with van der Waals surface area (Å²) in [7, 11) is 0. The second-order valence-electron chi connectivity index (χ2n) is 3.30. The highest BCUT2D eigenvalue weighted by atomic mass is 32.2. The predicted octanol–water partition coefficient (Wildman–Crippen LogP) is 2.40. The van der Waals surface area contributed by atoms with Crippen LogP contribution < -0.4 is 5.73 Å². The molecule has 0 amide bonds. The number of thioether (sulfide) groups is 1. The molecule has 0 aliphatic heterocycles. The number of rotatable bonds is 4. The van der Waals surface area contributed by atoms with Gasteiger partial charge in [0.25, 0.3) is 0 Å². The van der Waals surface area contributed by atoms with Gasteiger partial charge in [-0.2, -0.15) is 11.8 Å². The van der Waals surface area contributed by atoms with Gasteiger partial charge in [0.15, 0.2) is 0 Å². The molecule has 0 heterocycles. The monoisotopic (exact) mass is 195 g/mol. The van der Waals surface area contributed by atoms with E-state index in [-0.39, 0.29) is 0 Å². The Bertz CT molecular complexity index is 243. The Hall–Kier alpha value is -0.470. The fourth-order valence-corrected chi connectivity index (χ4v) is 2.07. The van der Waals surface area contributed by atoms with Gasteiger partial charge in [0.2, 0.25) is 0 Å². The van der Waals surface area contributed by atoms with E-state index in [1.807, 2.05) is 11.8 Å². The van der Waals surface area contributed by atoms with Crippen LogP contribution in [0.4, 0.5) is 0 Å². The molecule has 0 aromatic heterocycles. The summed E-state index contributed by atoms with van der Waals surface area (Å²) >= 11 is 1.85. The van der Waals surface area contributed by atoms with Gasteiger partial charge in [0, 0.05) is 11.7 Å². The van der Waals surface area contributed by atoms with Gasteiger partial charge >= 0.3 is 0 Å². The van der Waals surface area contributed by atoms with Crippen molar-refractivity contribution < 1.29 is 0 Å². The molecule has 1 aromatic carbocycles. The van der Waals surface area contributed by atoms with E-state index >= 15 is 0 Å². The molecule has 1 atom stereocenters. The zero-order valence-electron chi connectivity index (χ0n) is 8.29. The number of benzene rings is 1. The van der Waals surface area contributed by atoms with Gasteiger partial charge in [-0.3, -0.25) is 0 Å². The smallest absolute Gasteiger partial charge is 0.00518 e. The molecule has 0 fully saturated rings. The zero-order valence-corrected chi connectivity index (χ0v) is 9.10. The molecule has 72 valence electrons. The molecule has 2 N–H and O–H groups in total.